The Hall–Kier alpha value is -3.52. The van der Waals surface area contributed by atoms with E-state index in [4.69, 9.17) is 14.5 Å². The Labute approximate surface area is 216 Å². The number of para-hydroxylation sites is 1. The summed E-state index contributed by atoms with van der Waals surface area (Å²) < 4.78 is 11.3. The van der Waals surface area contributed by atoms with E-state index in [0.717, 1.165) is 16.8 Å². The molecule has 1 N–H and O–H groups in total. The minimum absolute atomic E-state index is 0.0777. The van der Waals surface area contributed by atoms with Gasteiger partial charge in [-0.15, -0.1) is 0 Å². The van der Waals surface area contributed by atoms with Crippen LogP contribution in [-0.2, 0) is 14.3 Å². The molecule has 0 radical (unpaired) electrons. The Kier molecular flexibility index (Phi) is 8.15. The third-order valence-electron chi connectivity index (χ3n) is 5.84. The van der Waals surface area contributed by atoms with E-state index >= 15 is 0 Å². The molecule has 36 heavy (non-hydrogen) atoms. The Morgan fingerprint density at radius 3 is 2.53 bits per heavy atom. The van der Waals surface area contributed by atoms with Gasteiger partial charge in [-0.25, -0.2) is 9.79 Å². The number of fused-ring (bicyclic) bond motifs is 1. The summed E-state index contributed by atoms with van der Waals surface area (Å²) in [6.45, 7) is 6.72. The average molecular weight is 506 g/mol. The van der Waals surface area contributed by atoms with Gasteiger partial charge in [-0.05, 0) is 24.3 Å². The number of nitrogens with one attached hydrogen (secondary N) is 1. The Bertz CT molecular complexity index is 1220. The summed E-state index contributed by atoms with van der Waals surface area (Å²) in [7, 11) is 1.61. The molecule has 7 nitrogen and oxygen atoms in total. The molecule has 0 saturated heterocycles. The highest BCUT2D eigenvalue weighted by molar-refractivity contribution is 8.16. The number of ether oxygens (including phenoxy) is 2. The van der Waals surface area contributed by atoms with Gasteiger partial charge >= 0.3 is 5.97 Å². The number of amides is 1. The van der Waals surface area contributed by atoms with Crippen LogP contribution in [0.1, 0.15) is 44.4 Å². The molecule has 0 aromatic heterocycles. The fraction of sp³-hybridized carbons (Fsp3) is 0.321. The molecule has 2 heterocycles. The molecule has 188 valence electrons. The number of carbonyl (C=O) groups excluding carboxylic acids is 2. The lowest BCUT2D eigenvalue weighted by atomic mass is 9.91. The van der Waals surface area contributed by atoms with Crippen molar-refractivity contribution in [3.63, 3.8) is 0 Å². The average Bonchev–Trinajstić information content (AvgIpc) is 3.29. The lowest BCUT2D eigenvalue weighted by Gasteiger charge is -2.37. The van der Waals surface area contributed by atoms with E-state index in [2.05, 4.69) is 19.2 Å². The summed E-state index contributed by atoms with van der Waals surface area (Å²) in [4.78, 5) is 33.2. The van der Waals surface area contributed by atoms with Crippen molar-refractivity contribution < 1.29 is 19.1 Å². The quantitative estimate of drug-likeness (QED) is 0.476. The number of hydrogen-bond donors (Lipinski definition) is 1. The number of carbonyl (C=O) groups is 2. The zero-order chi connectivity index (χ0) is 25.7. The zero-order valence-electron chi connectivity index (χ0n) is 21.0. The van der Waals surface area contributed by atoms with Crippen molar-refractivity contribution >= 4 is 34.5 Å². The molecule has 0 spiro atoms. The maximum atomic E-state index is 13.5. The van der Waals surface area contributed by atoms with E-state index in [1.165, 1.54) is 11.8 Å². The molecule has 0 fully saturated rings. The van der Waals surface area contributed by atoms with E-state index in [-0.39, 0.29) is 18.9 Å². The molecule has 2 aliphatic rings. The lowest BCUT2D eigenvalue weighted by Crippen LogP contribution is -2.38. The van der Waals surface area contributed by atoms with Crippen LogP contribution in [0.4, 0.5) is 0 Å². The molecule has 1 unspecified atom stereocenters. The van der Waals surface area contributed by atoms with Gasteiger partial charge in [0.05, 0.1) is 37.4 Å². The van der Waals surface area contributed by atoms with E-state index in [1.807, 2.05) is 64.9 Å². The van der Waals surface area contributed by atoms with Gasteiger partial charge in [0, 0.05) is 23.4 Å². The fourth-order valence-corrected chi connectivity index (χ4v) is 5.14. The van der Waals surface area contributed by atoms with Crippen LogP contribution < -0.4 is 10.1 Å². The summed E-state index contributed by atoms with van der Waals surface area (Å²) in [5, 5.41) is 5.62. The number of nitrogens with zero attached hydrogens (tertiary/aromatic N) is 2. The summed E-state index contributed by atoms with van der Waals surface area (Å²) in [5.74, 6) is 0.459. The van der Waals surface area contributed by atoms with Gasteiger partial charge in [0.2, 0.25) is 5.91 Å². The first kappa shape index (κ1) is 25.6. The van der Waals surface area contributed by atoms with Crippen LogP contribution in [0.3, 0.4) is 0 Å². The molecule has 0 saturated carbocycles. The highest BCUT2D eigenvalue weighted by Gasteiger charge is 2.43. The van der Waals surface area contributed by atoms with Crippen LogP contribution >= 0.6 is 11.8 Å². The second-order valence-corrected chi connectivity index (χ2v) is 9.70. The monoisotopic (exact) mass is 505 g/mol. The fourth-order valence-electron chi connectivity index (χ4n) is 4.22. The van der Waals surface area contributed by atoms with Crippen LogP contribution in [0.25, 0.3) is 5.70 Å². The number of esters is 1. The van der Waals surface area contributed by atoms with Crippen molar-refractivity contribution in [1.82, 2.24) is 10.2 Å². The molecule has 1 amide bonds. The number of thioether (sulfide) groups is 1. The number of aliphatic imine (C=N–C) groups is 1. The summed E-state index contributed by atoms with van der Waals surface area (Å²) >= 11 is 1.44. The standard InChI is InChI=1S/C28H31N3O4S/c1-5-35-27(33)24-25(19-11-7-6-8-12-19)30-28-31(26(24)21-13-9-10-14-22(21)34-4)20(17-36-28)15-23(32)29-16-18(2)3/h6-14,17-18,26H,5,15-16H2,1-4H3,(H,29,32). The van der Waals surface area contributed by atoms with Crippen LogP contribution in [-0.4, -0.2) is 42.2 Å². The molecule has 2 aliphatic heterocycles. The van der Waals surface area contributed by atoms with Crippen molar-refractivity contribution in [2.45, 2.75) is 33.2 Å². The van der Waals surface area contributed by atoms with E-state index in [9.17, 15) is 9.59 Å². The summed E-state index contributed by atoms with van der Waals surface area (Å²) in [5.41, 5.74) is 3.34. The second-order valence-electron chi connectivity index (χ2n) is 8.86. The molecule has 0 aliphatic carbocycles. The zero-order valence-corrected chi connectivity index (χ0v) is 21.8. The van der Waals surface area contributed by atoms with Crippen molar-refractivity contribution in [3.8, 4) is 5.75 Å². The largest absolute Gasteiger partial charge is 0.496 e. The topological polar surface area (TPSA) is 80.2 Å². The lowest BCUT2D eigenvalue weighted by molar-refractivity contribution is -0.139. The third kappa shape index (κ3) is 5.33. The van der Waals surface area contributed by atoms with Gasteiger partial charge in [0.25, 0.3) is 0 Å². The summed E-state index contributed by atoms with van der Waals surface area (Å²) in [6, 6.07) is 16.6. The SMILES string of the molecule is CCOC(=O)C1=C(c2ccccc2)N=C2SC=C(CC(=O)NCC(C)C)N2C1c1ccccc1OC. The number of methoxy groups -OCH3 is 1. The van der Waals surface area contributed by atoms with Crippen molar-refractivity contribution in [3.05, 3.63) is 82.4 Å². The van der Waals surface area contributed by atoms with Crippen molar-refractivity contribution in [2.24, 2.45) is 10.9 Å². The number of amidine groups is 1. The minimum atomic E-state index is -0.581. The second kappa shape index (κ2) is 11.5. The van der Waals surface area contributed by atoms with Crippen LogP contribution in [0.5, 0.6) is 5.75 Å². The first-order valence-corrected chi connectivity index (χ1v) is 12.9. The predicted octanol–water partition coefficient (Wildman–Crippen LogP) is 5.13. The first-order chi connectivity index (χ1) is 17.4. The predicted molar refractivity (Wildman–Crippen MR) is 143 cm³/mol. The Morgan fingerprint density at radius 2 is 1.83 bits per heavy atom. The number of rotatable bonds is 9. The molecule has 2 aromatic rings. The van der Waals surface area contributed by atoms with Gasteiger partial charge in [0.15, 0.2) is 5.17 Å². The van der Waals surface area contributed by atoms with Crippen LogP contribution in [0.15, 0.2) is 76.3 Å². The van der Waals surface area contributed by atoms with Crippen LogP contribution in [0, 0.1) is 5.92 Å². The first-order valence-electron chi connectivity index (χ1n) is 12.0. The van der Waals surface area contributed by atoms with Gasteiger partial charge in [0.1, 0.15) is 5.75 Å². The Morgan fingerprint density at radius 1 is 1.11 bits per heavy atom. The summed E-state index contributed by atoms with van der Waals surface area (Å²) in [6.07, 6.45) is 0.168. The van der Waals surface area contributed by atoms with Crippen molar-refractivity contribution in [2.75, 3.05) is 20.3 Å². The van der Waals surface area contributed by atoms with Gasteiger partial charge < -0.3 is 19.7 Å². The van der Waals surface area contributed by atoms with E-state index in [1.54, 1.807) is 14.0 Å². The molecule has 1 atom stereocenters. The van der Waals surface area contributed by atoms with Crippen LogP contribution in [0.2, 0.25) is 0 Å². The smallest absolute Gasteiger partial charge is 0.338 e. The van der Waals surface area contributed by atoms with E-state index in [0.29, 0.717) is 34.6 Å². The highest BCUT2D eigenvalue weighted by Crippen LogP contribution is 2.48. The van der Waals surface area contributed by atoms with Gasteiger partial charge in [-0.3, -0.25) is 4.79 Å². The van der Waals surface area contributed by atoms with E-state index < -0.39 is 12.0 Å². The number of hydrogen-bond acceptors (Lipinski definition) is 7. The highest BCUT2D eigenvalue weighted by atomic mass is 32.2. The molecular weight excluding hydrogens is 474 g/mol. The van der Waals surface area contributed by atoms with Gasteiger partial charge in [-0.2, -0.15) is 0 Å². The Balaban J connectivity index is 1.86. The molecule has 8 heteroatoms. The van der Waals surface area contributed by atoms with Crippen molar-refractivity contribution in [1.29, 1.82) is 0 Å². The minimum Gasteiger partial charge on any atom is -0.496 e. The molecule has 0 bridgehead atoms. The molecule has 4 rings (SSSR count). The third-order valence-corrected chi connectivity index (χ3v) is 6.72. The molecular formula is C28H31N3O4S. The maximum absolute atomic E-state index is 13.5. The number of benzene rings is 2. The normalized spacial score (nSPS) is 16.9. The maximum Gasteiger partial charge on any atom is 0.338 e. The van der Waals surface area contributed by atoms with Gasteiger partial charge in [-0.1, -0.05) is 74.1 Å². The molecule has 2 aromatic carbocycles.